The molecule has 2 heterocycles. The monoisotopic (exact) mass is 448 g/mol. The summed E-state index contributed by atoms with van der Waals surface area (Å²) in [7, 11) is 0. The summed E-state index contributed by atoms with van der Waals surface area (Å²) in [4.78, 5) is 41.2. The van der Waals surface area contributed by atoms with Crippen LogP contribution in [-0.2, 0) is 16.0 Å². The third-order valence-electron chi connectivity index (χ3n) is 3.97. The minimum atomic E-state index is -0.980. The van der Waals surface area contributed by atoms with Gasteiger partial charge in [-0.15, -0.1) is 23.1 Å². The first-order valence-corrected chi connectivity index (χ1v) is 11.1. The number of pyridine rings is 1. The highest BCUT2D eigenvalue weighted by molar-refractivity contribution is 8.00. The van der Waals surface area contributed by atoms with E-state index in [1.807, 2.05) is 6.92 Å². The topological polar surface area (TPSA) is 96.4 Å². The zero-order valence-corrected chi connectivity index (χ0v) is 17.8. The molecule has 2 N–H and O–H groups in total. The highest BCUT2D eigenvalue weighted by atomic mass is 35.5. The zero-order valence-electron chi connectivity index (χ0n) is 15.4. The van der Waals surface area contributed by atoms with E-state index >= 15 is 0 Å². The number of rotatable bonds is 8. The van der Waals surface area contributed by atoms with E-state index in [9.17, 15) is 14.4 Å². The molecule has 150 valence electrons. The second kappa shape index (κ2) is 9.39. The number of amides is 1. The molecule has 0 aliphatic heterocycles. The van der Waals surface area contributed by atoms with Crippen molar-refractivity contribution in [3.63, 3.8) is 0 Å². The Morgan fingerprint density at radius 1 is 1.17 bits per heavy atom. The number of aliphatic carboxylic acids is 1. The first-order chi connectivity index (χ1) is 13.9. The third kappa shape index (κ3) is 5.35. The third-order valence-corrected chi connectivity index (χ3v) is 6.32. The van der Waals surface area contributed by atoms with Crippen molar-refractivity contribution in [2.24, 2.45) is 0 Å². The van der Waals surface area contributed by atoms with Crippen molar-refractivity contribution in [2.75, 3.05) is 16.8 Å². The van der Waals surface area contributed by atoms with Gasteiger partial charge < -0.3 is 10.4 Å². The maximum Gasteiger partial charge on any atom is 0.313 e. The molecule has 6 nitrogen and oxygen atoms in total. The molecule has 1 amide bonds. The number of benzene rings is 1. The van der Waals surface area contributed by atoms with Crippen LogP contribution < -0.4 is 5.32 Å². The molecular formula is C20H17ClN2O4S2. The highest BCUT2D eigenvalue weighted by Gasteiger charge is 2.20. The van der Waals surface area contributed by atoms with Gasteiger partial charge in [-0.3, -0.25) is 14.4 Å². The Labute approximate surface area is 180 Å². The molecule has 3 rings (SSSR count). The number of carboxylic acids is 1. The molecule has 0 aliphatic carbocycles. The molecule has 0 saturated carbocycles. The summed E-state index contributed by atoms with van der Waals surface area (Å²) in [6.45, 7) is 1.96. The summed E-state index contributed by atoms with van der Waals surface area (Å²) in [5.41, 5.74) is 1.31. The van der Waals surface area contributed by atoms with Crippen LogP contribution in [0.25, 0.3) is 10.9 Å². The number of hydrogen-bond acceptors (Lipinski definition) is 6. The number of carboxylic acid groups (broad SMARTS) is 1. The van der Waals surface area contributed by atoms with Gasteiger partial charge in [0.1, 0.15) is 10.7 Å². The van der Waals surface area contributed by atoms with E-state index in [0.717, 1.165) is 28.4 Å². The number of thiophene rings is 1. The Hall–Kier alpha value is -2.42. The average molecular weight is 449 g/mol. The van der Waals surface area contributed by atoms with Gasteiger partial charge in [0.05, 0.1) is 22.6 Å². The van der Waals surface area contributed by atoms with Crippen LogP contribution in [-0.4, -0.2) is 39.3 Å². The number of nitrogens with one attached hydrogen (secondary N) is 1. The van der Waals surface area contributed by atoms with Crippen LogP contribution in [0.5, 0.6) is 0 Å². The van der Waals surface area contributed by atoms with E-state index < -0.39 is 5.97 Å². The van der Waals surface area contributed by atoms with Crippen molar-refractivity contribution in [1.29, 1.82) is 0 Å². The first-order valence-electron chi connectivity index (χ1n) is 8.70. The molecule has 0 bridgehead atoms. The number of carbonyl (C=O) groups excluding carboxylic acids is 2. The molecule has 0 radical (unpaired) electrons. The summed E-state index contributed by atoms with van der Waals surface area (Å²) in [6, 6.07) is 10.4. The van der Waals surface area contributed by atoms with Gasteiger partial charge in [0.15, 0.2) is 0 Å². The fraction of sp³-hybridized carbons (Fsp3) is 0.200. The maximum absolute atomic E-state index is 13.1. The lowest BCUT2D eigenvalue weighted by molar-refractivity contribution is -0.133. The van der Waals surface area contributed by atoms with Crippen LogP contribution in [0, 0.1) is 0 Å². The number of aryl methyl sites for hydroxylation is 1. The van der Waals surface area contributed by atoms with E-state index in [4.69, 9.17) is 16.7 Å². The van der Waals surface area contributed by atoms with Crippen molar-refractivity contribution < 1.29 is 19.5 Å². The summed E-state index contributed by atoms with van der Waals surface area (Å²) in [5, 5.41) is 13.3. The Balaban J connectivity index is 1.84. The molecule has 0 atom stereocenters. The Morgan fingerprint density at radius 2 is 1.97 bits per heavy atom. The van der Waals surface area contributed by atoms with Crippen molar-refractivity contribution in [3.05, 3.63) is 57.6 Å². The summed E-state index contributed by atoms with van der Waals surface area (Å²) < 4.78 is 0. The molecule has 9 heteroatoms. The molecule has 0 fully saturated rings. The molecular weight excluding hydrogens is 432 g/mol. The average Bonchev–Trinajstić information content (AvgIpc) is 3.09. The van der Waals surface area contributed by atoms with Gasteiger partial charge in [0, 0.05) is 15.3 Å². The van der Waals surface area contributed by atoms with Gasteiger partial charge in [0.2, 0.25) is 11.7 Å². The number of carbonyl (C=O) groups is 3. The fourth-order valence-electron chi connectivity index (χ4n) is 2.63. The number of thioether (sulfide) groups is 1. The predicted octanol–water partition coefficient (Wildman–Crippen LogP) is 4.50. The van der Waals surface area contributed by atoms with Gasteiger partial charge >= 0.3 is 5.97 Å². The lowest BCUT2D eigenvalue weighted by atomic mass is 10.1. The van der Waals surface area contributed by atoms with Crippen molar-refractivity contribution in [2.45, 2.75) is 13.3 Å². The second-order valence-electron chi connectivity index (χ2n) is 6.11. The number of hydrogen-bond donors (Lipinski definition) is 2. The summed E-state index contributed by atoms with van der Waals surface area (Å²) in [5.74, 6) is -1.78. The van der Waals surface area contributed by atoms with Gasteiger partial charge in [-0.2, -0.15) is 0 Å². The van der Waals surface area contributed by atoms with Crippen LogP contribution >= 0.6 is 34.7 Å². The largest absolute Gasteiger partial charge is 0.481 e. The van der Waals surface area contributed by atoms with Gasteiger partial charge in [-0.05, 0) is 36.8 Å². The Bertz CT molecular complexity index is 1100. The first kappa shape index (κ1) is 21.3. The van der Waals surface area contributed by atoms with Crippen LogP contribution in [0.4, 0.5) is 5.00 Å². The van der Waals surface area contributed by atoms with E-state index in [1.165, 1.54) is 11.3 Å². The van der Waals surface area contributed by atoms with Gasteiger partial charge in [-0.1, -0.05) is 24.6 Å². The minimum absolute atomic E-state index is 0.00568. The molecule has 0 unspecified atom stereocenters. The van der Waals surface area contributed by atoms with Gasteiger partial charge in [-0.25, -0.2) is 4.98 Å². The smallest absolute Gasteiger partial charge is 0.313 e. The lowest BCUT2D eigenvalue weighted by Crippen LogP contribution is -2.16. The van der Waals surface area contributed by atoms with E-state index in [-0.39, 0.29) is 28.9 Å². The van der Waals surface area contributed by atoms with Crippen molar-refractivity contribution in [1.82, 2.24) is 4.98 Å². The minimum Gasteiger partial charge on any atom is -0.481 e. The van der Waals surface area contributed by atoms with E-state index in [1.54, 1.807) is 36.4 Å². The predicted molar refractivity (Wildman–Crippen MR) is 117 cm³/mol. The molecule has 0 saturated heterocycles. The Morgan fingerprint density at radius 3 is 2.69 bits per heavy atom. The van der Waals surface area contributed by atoms with E-state index in [2.05, 4.69) is 10.3 Å². The second-order valence-corrected chi connectivity index (χ2v) is 8.67. The Kier molecular flexibility index (Phi) is 6.89. The molecule has 3 aromatic rings. The highest BCUT2D eigenvalue weighted by Crippen LogP contribution is 2.31. The molecule has 0 spiro atoms. The lowest BCUT2D eigenvalue weighted by Gasteiger charge is -2.06. The molecule has 1 aromatic carbocycles. The number of halogens is 1. The van der Waals surface area contributed by atoms with Crippen molar-refractivity contribution >= 4 is 68.3 Å². The fourth-order valence-corrected chi connectivity index (χ4v) is 4.36. The van der Waals surface area contributed by atoms with Gasteiger partial charge in [0.25, 0.3) is 0 Å². The zero-order chi connectivity index (χ0) is 21.0. The van der Waals surface area contributed by atoms with Crippen LogP contribution in [0.15, 0.2) is 36.4 Å². The van der Waals surface area contributed by atoms with Crippen LogP contribution in [0.1, 0.15) is 27.9 Å². The SMILES string of the molecule is CCc1cc(C(=O)c2ccc3cc(Cl)ccc3n2)c(NC(=O)CSCC(=O)O)s1. The van der Waals surface area contributed by atoms with Crippen LogP contribution in [0.3, 0.4) is 0 Å². The van der Waals surface area contributed by atoms with Crippen molar-refractivity contribution in [3.8, 4) is 0 Å². The number of aromatic nitrogens is 1. The number of nitrogens with zero attached hydrogens (tertiary/aromatic N) is 1. The van der Waals surface area contributed by atoms with E-state index in [0.29, 0.717) is 21.1 Å². The molecule has 29 heavy (non-hydrogen) atoms. The number of ketones is 1. The standard InChI is InChI=1S/C20H17ClN2O4S2/c1-2-13-8-14(20(29-13)23-17(24)9-28-10-18(25)26)19(27)16-5-3-11-7-12(21)4-6-15(11)22-16/h3-8H,2,9-10H2,1H3,(H,23,24)(H,25,26). The quantitative estimate of drug-likeness (QED) is 0.492. The summed E-state index contributed by atoms with van der Waals surface area (Å²) >= 11 is 8.32. The normalized spacial score (nSPS) is 10.8. The number of anilines is 1. The number of fused-ring (bicyclic) bond motifs is 1. The summed E-state index contributed by atoms with van der Waals surface area (Å²) in [6.07, 6.45) is 0.720. The molecule has 0 aliphatic rings. The molecule has 2 aromatic heterocycles. The van der Waals surface area contributed by atoms with Crippen LogP contribution in [0.2, 0.25) is 5.02 Å². The maximum atomic E-state index is 13.1.